The van der Waals surface area contributed by atoms with E-state index in [1.807, 2.05) is 30.3 Å². The van der Waals surface area contributed by atoms with Crippen molar-refractivity contribution in [2.45, 2.75) is 19.3 Å². The molecule has 0 unspecified atom stereocenters. The van der Waals surface area contributed by atoms with Gasteiger partial charge in [-0.3, -0.25) is 0 Å². The Morgan fingerprint density at radius 1 is 1.05 bits per heavy atom. The molecule has 0 saturated heterocycles. The van der Waals surface area contributed by atoms with Crippen LogP contribution in [0.5, 0.6) is 5.75 Å². The van der Waals surface area contributed by atoms with Crippen molar-refractivity contribution < 1.29 is 5.11 Å². The first kappa shape index (κ1) is 13.9. The lowest BCUT2D eigenvalue weighted by Crippen LogP contribution is -2.01. The van der Waals surface area contributed by atoms with Gasteiger partial charge in [0.05, 0.1) is 5.02 Å². The maximum absolute atomic E-state index is 9.94. The molecular formula is C16H18ClNO. The van der Waals surface area contributed by atoms with Gasteiger partial charge in [0.15, 0.2) is 0 Å². The monoisotopic (exact) mass is 275 g/mol. The molecule has 0 saturated carbocycles. The summed E-state index contributed by atoms with van der Waals surface area (Å²) >= 11 is 6.08. The van der Waals surface area contributed by atoms with Crippen LogP contribution in [0.1, 0.15) is 23.1 Å². The quantitative estimate of drug-likeness (QED) is 0.877. The Hall–Kier alpha value is -1.51. The number of rotatable bonds is 5. The Morgan fingerprint density at radius 2 is 1.79 bits per heavy atom. The van der Waals surface area contributed by atoms with Crippen molar-refractivity contribution in [3.63, 3.8) is 0 Å². The van der Waals surface area contributed by atoms with Gasteiger partial charge in [-0.2, -0.15) is 0 Å². The van der Waals surface area contributed by atoms with Crippen molar-refractivity contribution in [2.24, 2.45) is 5.73 Å². The van der Waals surface area contributed by atoms with Crippen molar-refractivity contribution in [2.75, 3.05) is 6.54 Å². The Bertz CT molecular complexity index is 540. The largest absolute Gasteiger partial charge is 0.506 e. The van der Waals surface area contributed by atoms with Crippen LogP contribution in [0.25, 0.3) is 0 Å². The van der Waals surface area contributed by atoms with Gasteiger partial charge in [0.2, 0.25) is 0 Å². The van der Waals surface area contributed by atoms with Gasteiger partial charge in [-0.1, -0.05) is 48.0 Å². The summed E-state index contributed by atoms with van der Waals surface area (Å²) in [5, 5.41) is 10.4. The summed E-state index contributed by atoms with van der Waals surface area (Å²) in [6, 6.07) is 14.1. The molecule has 2 rings (SSSR count). The van der Waals surface area contributed by atoms with Gasteiger partial charge in [0.25, 0.3) is 0 Å². The average molecular weight is 276 g/mol. The fraction of sp³-hybridized carbons (Fsp3) is 0.250. The van der Waals surface area contributed by atoms with Crippen LogP contribution in [0.3, 0.4) is 0 Å². The van der Waals surface area contributed by atoms with Crippen LogP contribution in [0, 0.1) is 0 Å². The summed E-state index contributed by atoms with van der Waals surface area (Å²) in [7, 11) is 0. The van der Waals surface area contributed by atoms with E-state index in [1.54, 1.807) is 0 Å². The van der Waals surface area contributed by atoms with E-state index in [0.717, 1.165) is 30.4 Å². The summed E-state index contributed by atoms with van der Waals surface area (Å²) in [6.45, 7) is 0.611. The smallest absolute Gasteiger partial charge is 0.137 e. The first-order valence-electron chi connectivity index (χ1n) is 6.45. The van der Waals surface area contributed by atoms with Crippen LogP contribution in [0.15, 0.2) is 42.5 Å². The Kier molecular flexibility index (Phi) is 4.83. The third kappa shape index (κ3) is 3.72. The predicted molar refractivity (Wildman–Crippen MR) is 79.7 cm³/mol. The molecule has 2 aromatic rings. The van der Waals surface area contributed by atoms with Gasteiger partial charge in [-0.15, -0.1) is 0 Å². The molecule has 0 aromatic heterocycles. The van der Waals surface area contributed by atoms with E-state index in [2.05, 4.69) is 12.1 Å². The topological polar surface area (TPSA) is 46.2 Å². The van der Waals surface area contributed by atoms with Crippen LogP contribution < -0.4 is 5.73 Å². The highest BCUT2D eigenvalue weighted by molar-refractivity contribution is 6.32. The second-order valence-electron chi connectivity index (χ2n) is 4.64. The molecule has 0 radical (unpaired) electrons. The number of phenolic OH excluding ortho intramolecular Hbond substituents is 1. The maximum atomic E-state index is 9.94. The van der Waals surface area contributed by atoms with Gasteiger partial charge in [0.1, 0.15) is 5.75 Å². The number of hydrogen-bond acceptors (Lipinski definition) is 2. The molecule has 3 N–H and O–H groups in total. The molecule has 0 aliphatic heterocycles. The number of nitrogens with two attached hydrogens (primary N) is 1. The summed E-state index contributed by atoms with van der Waals surface area (Å²) in [6.07, 6.45) is 2.42. The van der Waals surface area contributed by atoms with Gasteiger partial charge >= 0.3 is 0 Å². The molecular weight excluding hydrogens is 258 g/mol. The zero-order valence-corrected chi connectivity index (χ0v) is 11.5. The first-order chi connectivity index (χ1) is 9.20. The lowest BCUT2D eigenvalue weighted by atomic mass is 10.00. The van der Waals surface area contributed by atoms with E-state index in [4.69, 9.17) is 17.3 Å². The molecule has 19 heavy (non-hydrogen) atoms. The first-order valence-corrected chi connectivity index (χ1v) is 6.82. The van der Waals surface area contributed by atoms with Crippen LogP contribution >= 0.6 is 11.6 Å². The number of aryl methyl sites for hydroxylation is 1. The highest BCUT2D eigenvalue weighted by Crippen LogP contribution is 2.30. The fourth-order valence-electron chi connectivity index (χ4n) is 2.14. The zero-order chi connectivity index (χ0) is 13.7. The van der Waals surface area contributed by atoms with Crippen LogP contribution in [0.4, 0.5) is 0 Å². The molecule has 0 amide bonds. The number of benzene rings is 2. The highest BCUT2D eigenvalue weighted by atomic mass is 35.5. The fourth-order valence-corrected chi connectivity index (χ4v) is 2.40. The number of phenols is 1. The van der Waals surface area contributed by atoms with Crippen LogP contribution in [-0.4, -0.2) is 11.7 Å². The Labute approximate surface area is 118 Å². The molecule has 0 aliphatic rings. The minimum absolute atomic E-state index is 0.187. The van der Waals surface area contributed by atoms with E-state index in [-0.39, 0.29) is 5.75 Å². The van der Waals surface area contributed by atoms with Gasteiger partial charge in [-0.25, -0.2) is 0 Å². The molecule has 0 spiro atoms. The van der Waals surface area contributed by atoms with Crippen molar-refractivity contribution in [1.82, 2.24) is 0 Å². The summed E-state index contributed by atoms with van der Waals surface area (Å²) < 4.78 is 0. The van der Waals surface area contributed by atoms with Crippen LogP contribution in [-0.2, 0) is 12.8 Å². The van der Waals surface area contributed by atoms with Crippen molar-refractivity contribution in [3.05, 3.63) is 64.2 Å². The standard InChI is InChI=1S/C16H18ClNO/c17-15-11-13(9-12-5-2-1-3-6-12)10-14(16(15)19)7-4-8-18/h1-3,5-6,10-11,19H,4,7-9,18H2. The molecule has 0 heterocycles. The third-order valence-corrected chi connectivity index (χ3v) is 3.39. The van der Waals surface area contributed by atoms with Crippen molar-refractivity contribution >= 4 is 11.6 Å². The molecule has 2 aromatic carbocycles. The van der Waals surface area contributed by atoms with Crippen molar-refractivity contribution in [1.29, 1.82) is 0 Å². The Morgan fingerprint density at radius 3 is 2.47 bits per heavy atom. The second-order valence-corrected chi connectivity index (χ2v) is 5.05. The number of hydrogen-bond donors (Lipinski definition) is 2. The normalized spacial score (nSPS) is 10.6. The van der Waals surface area contributed by atoms with E-state index < -0.39 is 0 Å². The molecule has 0 aliphatic carbocycles. The third-order valence-electron chi connectivity index (χ3n) is 3.10. The molecule has 0 atom stereocenters. The number of aromatic hydroxyl groups is 1. The summed E-state index contributed by atoms with van der Waals surface area (Å²) in [5.41, 5.74) is 8.73. The molecule has 0 bridgehead atoms. The zero-order valence-electron chi connectivity index (χ0n) is 10.8. The Balaban J connectivity index is 2.23. The summed E-state index contributed by atoms with van der Waals surface area (Å²) in [4.78, 5) is 0. The summed E-state index contributed by atoms with van der Waals surface area (Å²) in [5.74, 6) is 0.187. The lowest BCUT2D eigenvalue weighted by Gasteiger charge is -2.10. The van der Waals surface area contributed by atoms with E-state index >= 15 is 0 Å². The highest BCUT2D eigenvalue weighted by Gasteiger charge is 2.08. The van der Waals surface area contributed by atoms with Crippen molar-refractivity contribution in [3.8, 4) is 5.75 Å². The molecule has 100 valence electrons. The van der Waals surface area contributed by atoms with Gasteiger partial charge in [-0.05, 0) is 48.6 Å². The van der Waals surface area contributed by atoms with E-state index in [9.17, 15) is 5.11 Å². The second kappa shape index (κ2) is 6.60. The average Bonchev–Trinajstić information content (AvgIpc) is 2.42. The van der Waals surface area contributed by atoms with E-state index in [1.165, 1.54) is 5.56 Å². The molecule has 2 nitrogen and oxygen atoms in total. The van der Waals surface area contributed by atoms with Gasteiger partial charge < -0.3 is 10.8 Å². The van der Waals surface area contributed by atoms with Crippen LogP contribution in [0.2, 0.25) is 5.02 Å². The lowest BCUT2D eigenvalue weighted by molar-refractivity contribution is 0.467. The number of halogens is 1. The molecule has 0 fully saturated rings. The minimum atomic E-state index is 0.187. The minimum Gasteiger partial charge on any atom is -0.506 e. The molecule has 3 heteroatoms. The van der Waals surface area contributed by atoms with E-state index in [0.29, 0.717) is 11.6 Å². The predicted octanol–water partition coefficient (Wildman–Crippen LogP) is 3.53. The SMILES string of the molecule is NCCCc1cc(Cc2ccccc2)cc(Cl)c1O. The maximum Gasteiger partial charge on any atom is 0.137 e. The van der Waals surface area contributed by atoms with Gasteiger partial charge in [0, 0.05) is 0 Å².